The zero-order valence-electron chi connectivity index (χ0n) is 17.3. The maximum atomic E-state index is 12.6. The van der Waals surface area contributed by atoms with E-state index in [1.54, 1.807) is 0 Å². The van der Waals surface area contributed by atoms with E-state index in [1.807, 2.05) is 17.9 Å². The Morgan fingerprint density at radius 1 is 1.24 bits per heavy atom. The second-order valence-electron chi connectivity index (χ2n) is 8.55. The number of aryl methyl sites for hydroxylation is 2. The summed E-state index contributed by atoms with van der Waals surface area (Å²) in [6, 6.07) is 10.4. The summed E-state index contributed by atoms with van der Waals surface area (Å²) in [6.07, 6.45) is 7.23. The molecule has 0 N–H and O–H groups in total. The van der Waals surface area contributed by atoms with E-state index in [2.05, 4.69) is 34.4 Å². The number of hydrogen-bond acceptors (Lipinski definition) is 5. The molecule has 1 aromatic heterocycles. The largest absolute Gasteiger partial charge is 0.375 e. The van der Waals surface area contributed by atoms with E-state index in [1.165, 1.54) is 5.56 Å². The smallest absolute Gasteiger partial charge is 0.226 e. The van der Waals surface area contributed by atoms with Crippen LogP contribution in [-0.2, 0) is 22.4 Å². The highest BCUT2D eigenvalue weighted by Crippen LogP contribution is 2.38. The molecule has 2 saturated heterocycles. The van der Waals surface area contributed by atoms with Crippen LogP contribution in [0.2, 0.25) is 0 Å². The number of piperidine rings is 1. The second-order valence-corrected chi connectivity index (χ2v) is 8.55. The highest BCUT2D eigenvalue weighted by atomic mass is 16.5. The second kappa shape index (κ2) is 9.08. The van der Waals surface area contributed by atoms with Gasteiger partial charge in [-0.1, -0.05) is 35.5 Å². The fourth-order valence-corrected chi connectivity index (χ4v) is 4.73. The van der Waals surface area contributed by atoms with E-state index in [9.17, 15) is 4.79 Å². The molecule has 1 atom stereocenters. The van der Waals surface area contributed by atoms with E-state index < -0.39 is 0 Å². The van der Waals surface area contributed by atoms with Crippen molar-refractivity contribution in [2.24, 2.45) is 5.92 Å². The fraction of sp³-hybridized carbons (Fsp3) is 0.609. The summed E-state index contributed by atoms with van der Waals surface area (Å²) in [5, 5.41) is 3.90. The van der Waals surface area contributed by atoms with Crippen LogP contribution >= 0.6 is 0 Å². The maximum Gasteiger partial charge on any atom is 0.226 e. The Morgan fingerprint density at radius 2 is 2.03 bits per heavy atom. The molecule has 0 aliphatic carbocycles. The lowest BCUT2D eigenvalue weighted by molar-refractivity contribution is -0.147. The maximum absolute atomic E-state index is 12.6. The molecule has 0 saturated carbocycles. The number of rotatable bonds is 6. The van der Waals surface area contributed by atoms with E-state index >= 15 is 0 Å². The molecule has 3 heterocycles. The molecule has 1 aromatic carbocycles. The minimum Gasteiger partial charge on any atom is -0.375 e. The van der Waals surface area contributed by atoms with E-state index in [4.69, 9.17) is 9.26 Å². The number of nitrogens with zero attached hydrogens (tertiary/aromatic N) is 3. The zero-order chi connectivity index (χ0) is 20.1. The van der Waals surface area contributed by atoms with Gasteiger partial charge in [0.05, 0.1) is 5.60 Å². The number of benzene rings is 1. The third kappa shape index (κ3) is 5.24. The van der Waals surface area contributed by atoms with E-state index in [0.29, 0.717) is 18.2 Å². The Bertz CT molecular complexity index is 797. The third-order valence-electron chi connectivity index (χ3n) is 6.35. The van der Waals surface area contributed by atoms with Crippen LogP contribution in [0.4, 0.5) is 0 Å². The molecule has 4 rings (SSSR count). The quantitative estimate of drug-likeness (QED) is 0.743. The lowest BCUT2D eigenvalue weighted by Crippen LogP contribution is -2.51. The summed E-state index contributed by atoms with van der Waals surface area (Å²) in [6.45, 7) is 4.24. The molecule has 6 nitrogen and oxygen atoms in total. The van der Waals surface area contributed by atoms with Crippen LogP contribution in [0.1, 0.15) is 55.8 Å². The van der Waals surface area contributed by atoms with Crippen molar-refractivity contribution in [2.75, 3.05) is 19.7 Å². The number of likely N-dealkylation sites (tertiary alicyclic amines) is 1. The van der Waals surface area contributed by atoms with Crippen molar-refractivity contribution in [3.8, 4) is 0 Å². The number of amides is 1. The van der Waals surface area contributed by atoms with Crippen LogP contribution in [0.5, 0.6) is 0 Å². The van der Waals surface area contributed by atoms with Gasteiger partial charge < -0.3 is 14.2 Å². The van der Waals surface area contributed by atoms with Crippen LogP contribution in [0.15, 0.2) is 34.9 Å². The summed E-state index contributed by atoms with van der Waals surface area (Å²) in [5.41, 5.74) is 1.22. The predicted octanol–water partition coefficient (Wildman–Crippen LogP) is 3.73. The molecular formula is C23H31N3O3. The van der Waals surface area contributed by atoms with Crippen molar-refractivity contribution < 1.29 is 14.1 Å². The fourth-order valence-electron chi connectivity index (χ4n) is 4.73. The number of carbonyl (C=O) groups is 1. The van der Waals surface area contributed by atoms with Gasteiger partial charge in [0.25, 0.3) is 0 Å². The van der Waals surface area contributed by atoms with Gasteiger partial charge in [0, 0.05) is 32.5 Å². The summed E-state index contributed by atoms with van der Waals surface area (Å²) < 4.78 is 11.5. The lowest BCUT2D eigenvalue weighted by Gasteiger charge is -2.46. The van der Waals surface area contributed by atoms with Crippen molar-refractivity contribution in [3.63, 3.8) is 0 Å². The van der Waals surface area contributed by atoms with Crippen molar-refractivity contribution in [3.05, 3.63) is 47.6 Å². The third-order valence-corrected chi connectivity index (χ3v) is 6.35. The van der Waals surface area contributed by atoms with Gasteiger partial charge in [0.1, 0.15) is 0 Å². The van der Waals surface area contributed by atoms with Crippen LogP contribution in [0.25, 0.3) is 0 Å². The van der Waals surface area contributed by atoms with Crippen LogP contribution in [0.3, 0.4) is 0 Å². The Hall–Kier alpha value is -2.21. The monoisotopic (exact) mass is 397 g/mol. The average molecular weight is 398 g/mol. The van der Waals surface area contributed by atoms with Crippen molar-refractivity contribution >= 4 is 5.91 Å². The standard InChI is InChI=1S/C23H31N3O3/c1-18-24-21(29-25-18)16-20-10-15-28-23(17-20)11-13-26(14-12-23)22(27)9-5-8-19-6-3-2-4-7-19/h2-4,6-7,20H,5,8-17H2,1H3/t20-/m1/s1. The van der Waals surface area contributed by atoms with Gasteiger partial charge in [-0.15, -0.1) is 0 Å². The summed E-state index contributed by atoms with van der Waals surface area (Å²) in [5.74, 6) is 2.22. The molecule has 2 aliphatic heterocycles. The van der Waals surface area contributed by atoms with E-state index in [-0.39, 0.29) is 11.5 Å². The van der Waals surface area contributed by atoms with Crippen LogP contribution in [0, 0.1) is 12.8 Å². The highest BCUT2D eigenvalue weighted by Gasteiger charge is 2.41. The zero-order valence-corrected chi connectivity index (χ0v) is 17.3. The Balaban J connectivity index is 1.23. The Morgan fingerprint density at radius 3 is 2.76 bits per heavy atom. The molecule has 29 heavy (non-hydrogen) atoms. The number of aromatic nitrogens is 2. The molecule has 156 valence electrons. The molecule has 2 fully saturated rings. The number of hydrogen-bond donors (Lipinski definition) is 0. The topological polar surface area (TPSA) is 68.5 Å². The minimum absolute atomic E-state index is 0.0845. The highest BCUT2D eigenvalue weighted by molar-refractivity contribution is 5.76. The molecule has 0 radical (unpaired) electrons. The predicted molar refractivity (Wildman–Crippen MR) is 109 cm³/mol. The summed E-state index contributed by atoms with van der Waals surface area (Å²) >= 11 is 0. The molecular weight excluding hydrogens is 366 g/mol. The SMILES string of the molecule is Cc1noc(C[C@H]2CCOC3(CCN(C(=O)CCCc4ccccc4)CC3)C2)n1. The van der Waals surface area contributed by atoms with Crippen molar-refractivity contribution in [1.29, 1.82) is 0 Å². The first-order valence-electron chi connectivity index (χ1n) is 10.9. The summed E-state index contributed by atoms with van der Waals surface area (Å²) in [4.78, 5) is 19.0. The van der Waals surface area contributed by atoms with Gasteiger partial charge in [-0.05, 0) is 56.9 Å². The van der Waals surface area contributed by atoms with Crippen molar-refractivity contribution in [2.45, 2.75) is 63.9 Å². The first-order chi connectivity index (χ1) is 14.1. The molecule has 6 heteroatoms. The normalized spacial score (nSPS) is 21.4. The summed E-state index contributed by atoms with van der Waals surface area (Å²) in [7, 11) is 0. The number of carbonyl (C=O) groups excluding carboxylic acids is 1. The van der Waals surface area contributed by atoms with Gasteiger partial charge in [-0.3, -0.25) is 4.79 Å². The average Bonchev–Trinajstić information content (AvgIpc) is 3.14. The molecule has 1 spiro atoms. The number of ether oxygens (including phenoxy) is 1. The minimum atomic E-state index is -0.0845. The van der Waals surface area contributed by atoms with Gasteiger partial charge in [0.2, 0.25) is 11.8 Å². The molecule has 1 amide bonds. The Labute approximate surface area is 172 Å². The van der Waals surface area contributed by atoms with Gasteiger partial charge in [-0.25, -0.2) is 0 Å². The molecule has 2 aliphatic rings. The van der Waals surface area contributed by atoms with Gasteiger partial charge in [-0.2, -0.15) is 4.98 Å². The lowest BCUT2D eigenvalue weighted by atomic mass is 9.78. The first-order valence-corrected chi connectivity index (χ1v) is 10.9. The van der Waals surface area contributed by atoms with Crippen LogP contribution < -0.4 is 0 Å². The molecule has 2 aromatic rings. The Kier molecular flexibility index (Phi) is 6.28. The molecule has 0 unspecified atom stereocenters. The first kappa shape index (κ1) is 20.1. The molecule has 0 bridgehead atoms. The van der Waals surface area contributed by atoms with Crippen LogP contribution in [-0.4, -0.2) is 46.2 Å². The van der Waals surface area contributed by atoms with Gasteiger partial charge in [0.15, 0.2) is 5.82 Å². The van der Waals surface area contributed by atoms with Gasteiger partial charge >= 0.3 is 0 Å². The van der Waals surface area contributed by atoms with E-state index in [0.717, 1.165) is 70.5 Å². The van der Waals surface area contributed by atoms with Crippen molar-refractivity contribution in [1.82, 2.24) is 15.0 Å².